The van der Waals surface area contributed by atoms with E-state index >= 15 is 0 Å². The Morgan fingerprint density at radius 2 is 2.08 bits per heavy atom. The molecule has 2 aliphatic rings. The van der Waals surface area contributed by atoms with Gasteiger partial charge in [-0.2, -0.15) is 0 Å². The molecule has 74 valence electrons. The zero-order valence-electron chi connectivity index (χ0n) is 8.68. The Hall–Kier alpha value is -0.530. The maximum atomic E-state index is 11.8. The molecule has 1 unspecified atom stereocenters. The second-order valence-corrected chi connectivity index (χ2v) is 4.68. The maximum absolute atomic E-state index is 11.8. The molecule has 2 fully saturated rings. The number of hydrogen-bond donors (Lipinski definition) is 0. The van der Waals surface area contributed by atoms with Gasteiger partial charge in [0.1, 0.15) is 0 Å². The largest absolute Gasteiger partial charge is 0.346 e. The van der Waals surface area contributed by atoms with Crippen LogP contribution in [0.1, 0.15) is 39.0 Å². The van der Waals surface area contributed by atoms with Gasteiger partial charge in [0, 0.05) is 19.5 Å². The molecular weight excluding hydrogens is 162 g/mol. The lowest BCUT2D eigenvalue weighted by atomic mass is 10.0. The number of nitrogens with zero attached hydrogens (tertiary/aromatic N) is 1. The highest BCUT2D eigenvalue weighted by Crippen LogP contribution is 2.63. The summed E-state index contributed by atoms with van der Waals surface area (Å²) in [5.74, 6) is 0.782. The Balaban J connectivity index is 1.94. The molecule has 1 spiro atoms. The van der Waals surface area contributed by atoms with Crippen LogP contribution in [0.4, 0.5) is 0 Å². The first-order chi connectivity index (χ1) is 6.19. The van der Waals surface area contributed by atoms with E-state index in [4.69, 9.17) is 0 Å². The SMILES string of the molecule is CCN(C)C(=O)C1CC12CCCC2. The lowest BCUT2D eigenvalue weighted by molar-refractivity contribution is -0.131. The number of hydrogen-bond acceptors (Lipinski definition) is 1. The molecule has 0 aliphatic heterocycles. The highest BCUT2D eigenvalue weighted by atomic mass is 16.2. The molecule has 0 heterocycles. The Bertz CT molecular complexity index is 218. The highest BCUT2D eigenvalue weighted by molar-refractivity contribution is 5.82. The quantitative estimate of drug-likeness (QED) is 0.638. The number of carbonyl (C=O) groups excluding carboxylic acids is 1. The van der Waals surface area contributed by atoms with Crippen LogP contribution in [0.25, 0.3) is 0 Å². The van der Waals surface area contributed by atoms with Crippen LogP contribution < -0.4 is 0 Å². The summed E-state index contributed by atoms with van der Waals surface area (Å²) >= 11 is 0. The smallest absolute Gasteiger partial charge is 0.225 e. The van der Waals surface area contributed by atoms with Crippen molar-refractivity contribution in [3.63, 3.8) is 0 Å². The van der Waals surface area contributed by atoms with E-state index in [2.05, 4.69) is 0 Å². The fourth-order valence-electron chi connectivity index (χ4n) is 2.75. The highest BCUT2D eigenvalue weighted by Gasteiger charge is 2.58. The van der Waals surface area contributed by atoms with Gasteiger partial charge in [-0.25, -0.2) is 0 Å². The van der Waals surface area contributed by atoms with Crippen LogP contribution in [-0.4, -0.2) is 24.4 Å². The van der Waals surface area contributed by atoms with Gasteiger partial charge < -0.3 is 4.90 Å². The van der Waals surface area contributed by atoms with Crippen LogP contribution in [0.3, 0.4) is 0 Å². The summed E-state index contributed by atoms with van der Waals surface area (Å²) in [4.78, 5) is 13.7. The first-order valence-electron chi connectivity index (χ1n) is 5.44. The van der Waals surface area contributed by atoms with E-state index in [1.807, 2.05) is 18.9 Å². The number of carbonyl (C=O) groups is 1. The molecule has 2 heteroatoms. The van der Waals surface area contributed by atoms with Gasteiger partial charge in [0.15, 0.2) is 0 Å². The van der Waals surface area contributed by atoms with Crippen molar-refractivity contribution >= 4 is 5.91 Å². The van der Waals surface area contributed by atoms with Crippen molar-refractivity contribution in [3.05, 3.63) is 0 Å². The summed E-state index contributed by atoms with van der Waals surface area (Å²) in [6.45, 7) is 2.90. The van der Waals surface area contributed by atoms with Crippen molar-refractivity contribution in [2.75, 3.05) is 13.6 Å². The molecule has 2 saturated carbocycles. The van der Waals surface area contributed by atoms with Crippen LogP contribution in [0.2, 0.25) is 0 Å². The molecule has 1 amide bonds. The minimum Gasteiger partial charge on any atom is -0.346 e. The molecule has 13 heavy (non-hydrogen) atoms. The van der Waals surface area contributed by atoms with Gasteiger partial charge in [0.25, 0.3) is 0 Å². The standard InChI is InChI=1S/C11H19NO/c1-3-12(2)10(13)9-8-11(9)6-4-5-7-11/h9H,3-8H2,1-2H3. The van der Waals surface area contributed by atoms with Crippen molar-refractivity contribution in [1.29, 1.82) is 0 Å². The third kappa shape index (κ3) is 1.36. The molecule has 2 nitrogen and oxygen atoms in total. The molecule has 0 aromatic carbocycles. The van der Waals surface area contributed by atoms with Crippen LogP contribution in [0.15, 0.2) is 0 Å². The fourth-order valence-corrected chi connectivity index (χ4v) is 2.75. The van der Waals surface area contributed by atoms with Gasteiger partial charge in [0.05, 0.1) is 0 Å². The molecule has 0 N–H and O–H groups in total. The Kier molecular flexibility index (Phi) is 2.09. The molecule has 2 rings (SSSR count). The molecular formula is C11H19NO. The van der Waals surface area contributed by atoms with Crippen LogP contribution >= 0.6 is 0 Å². The predicted molar refractivity (Wildman–Crippen MR) is 52.3 cm³/mol. The van der Waals surface area contributed by atoms with Gasteiger partial charge >= 0.3 is 0 Å². The summed E-state index contributed by atoms with van der Waals surface area (Å²) in [5, 5.41) is 0. The average molecular weight is 181 g/mol. The second-order valence-electron chi connectivity index (χ2n) is 4.68. The van der Waals surface area contributed by atoms with Crippen LogP contribution in [0, 0.1) is 11.3 Å². The lowest BCUT2D eigenvalue weighted by Gasteiger charge is -2.16. The third-order valence-electron chi connectivity index (χ3n) is 3.94. The van der Waals surface area contributed by atoms with Gasteiger partial charge in [0.2, 0.25) is 5.91 Å². The number of amides is 1. The first-order valence-corrected chi connectivity index (χ1v) is 5.44. The van der Waals surface area contributed by atoms with E-state index in [0.717, 1.165) is 6.54 Å². The molecule has 0 aromatic heterocycles. The van der Waals surface area contributed by atoms with Crippen molar-refractivity contribution in [2.24, 2.45) is 11.3 Å². The van der Waals surface area contributed by atoms with Gasteiger partial charge in [-0.3, -0.25) is 4.79 Å². The van der Waals surface area contributed by atoms with E-state index in [1.165, 1.54) is 32.1 Å². The normalized spacial score (nSPS) is 29.2. The topological polar surface area (TPSA) is 20.3 Å². The van der Waals surface area contributed by atoms with Gasteiger partial charge in [-0.15, -0.1) is 0 Å². The minimum atomic E-state index is 0.389. The summed E-state index contributed by atoms with van der Waals surface area (Å²) in [6, 6.07) is 0. The monoisotopic (exact) mass is 181 g/mol. The van der Waals surface area contributed by atoms with Crippen molar-refractivity contribution in [2.45, 2.75) is 39.0 Å². The van der Waals surface area contributed by atoms with Gasteiger partial charge in [-0.1, -0.05) is 12.8 Å². The lowest BCUT2D eigenvalue weighted by Crippen LogP contribution is -2.29. The van der Waals surface area contributed by atoms with Crippen LogP contribution in [-0.2, 0) is 4.79 Å². The van der Waals surface area contributed by atoms with Crippen molar-refractivity contribution < 1.29 is 4.79 Å². The summed E-state index contributed by atoms with van der Waals surface area (Å²) in [7, 11) is 1.92. The molecule has 0 radical (unpaired) electrons. The zero-order chi connectivity index (χ0) is 9.47. The zero-order valence-corrected chi connectivity index (χ0v) is 8.68. The maximum Gasteiger partial charge on any atom is 0.225 e. The van der Waals surface area contributed by atoms with Crippen molar-refractivity contribution in [1.82, 2.24) is 4.90 Å². The number of rotatable bonds is 2. The van der Waals surface area contributed by atoms with E-state index in [-0.39, 0.29) is 0 Å². The first kappa shape index (κ1) is 9.04. The molecule has 0 bridgehead atoms. The second kappa shape index (κ2) is 3.00. The summed E-state index contributed by atoms with van der Waals surface area (Å²) < 4.78 is 0. The predicted octanol–water partition coefficient (Wildman–Crippen LogP) is 2.04. The average Bonchev–Trinajstić information content (AvgIpc) is 2.62. The van der Waals surface area contributed by atoms with Crippen LogP contribution in [0.5, 0.6) is 0 Å². The van der Waals surface area contributed by atoms with E-state index < -0.39 is 0 Å². The molecule has 0 saturated heterocycles. The summed E-state index contributed by atoms with van der Waals surface area (Å²) in [5.41, 5.74) is 0.473. The van der Waals surface area contributed by atoms with E-state index in [1.54, 1.807) is 0 Å². The Morgan fingerprint density at radius 1 is 1.46 bits per heavy atom. The molecule has 1 atom stereocenters. The fraction of sp³-hybridized carbons (Fsp3) is 0.909. The van der Waals surface area contributed by atoms with Crippen molar-refractivity contribution in [3.8, 4) is 0 Å². The third-order valence-corrected chi connectivity index (χ3v) is 3.94. The van der Waals surface area contributed by atoms with E-state index in [0.29, 0.717) is 17.2 Å². The summed E-state index contributed by atoms with van der Waals surface area (Å²) in [6.07, 6.45) is 6.48. The van der Waals surface area contributed by atoms with E-state index in [9.17, 15) is 4.79 Å². The molecule has 0 aromatic rings. The Labute approximate surface area is 80.3 Å². The molecule has 2 aliphatic carbocycles. The Morgan fingerprint density at radius 3 is 2.62 bits per heavy atom. The van der Waals surface area contributed by atoms with Gasteiger partial charge in [-0.05, 0) is 31.6 Å². The minimum absolute atomic E-state index is 0.389.